The number of carbonyl (C=O) groups is 2. The Morgan fingerprint density at radius 3 is 2.32 bits per heavy atom. The van der Waals surface area contributed by atoms with Gasteiger partial charge in [-0.25, -0.2) is 4.98 Å². The number of nitrogens with zero attached hydrogens (tertiary/aromatic N) is 4. The monoisotopic (exact) mass is 384 g/mol. The fraction of sp³-hybridized carbons (Fsp3) is 0.500. The molecule has 2 aliphatic rings. The van der Waals surface area contributed by atoms with Crippen LogP contribution in [0.25, 0.3) is 0 Å². The van der Waals surface area contributed by atoms with Crippen molar-refractivity contribution in [1.82, 2.24) is 19.8 Å². The van der Waals surface area contributed by atoms with E-state index in [-0.39, 0.29) is 17.7 Å². The number of hydrogen-bond acceptors (Lipinski definition) is 6. The molecule has 0 unspecified atom stereocenters. The number of piperidine rings is 1. The Hall–Kier alpha value is -2.74. The molecule has 28 heavy (non-hydrogen) atoms. The summed E-state index contributed by atoms with van der Waals surface area (Å²) in [6, 6.07) is 3.46. The van der Waals surface area contributed by atoms with Crippen LogP contribution in [0.4, 0.5) is 0 Å². The van der Waals surface area contributed by atoms with Crippen molar-refractivity contribution in [1.29, 1.82) is 0 Å². The predicted octanol–water partition coefficient (Wildman–Crippen LogP) is 1.87. The molecule has 0 aliphatic carbocycles. The highest BCUT2D eigenvalue weighted by Gasteiger charge is 2.30. The second-order valence-corrected chi connectivity index (χ2v) is 7.16. The van der Waals surface area contributed by atoms with Crippen molar-refractivity contribution in [2.75, 3.05) is 39.4 Å². The van der Waals surface area contributed by atoms with E-state index in [1.807, 2.05) is 4.90 Å². The highest BCUT2D eigenvalue weighted by atomic mass is 16.5. The van der Waals surface area contributed by atoms with Crippen molar-refractivity contribution >= 4 is 11.8 Å². The van der Waals surface area contributed by atoms with Crippen LogP contribution in [-0.2, 0) is 4.74 Å². The molecule has 4 rings (SSSR count). The fourth-order valence-corrected chi connectivity index (χ4v) is 3.71. The van der Waals surface area contributed by atoms with Gasteiger partial charge in [0, 0.05) is 50.1 Å². The van der Waals surface area contributed by atoms with Gasteiger partial charge >= 0.3 is 0 Å². The van der Waals surface area contributed by atoms with Crippen molar-refractivity contribution < 1.29 is 18.7 Å². The van der Waals surface area contributed by atoms with E-state index in [2.05, 4.69) is 9.97 Å². The Morgan fingerprint density at radius 1 is 1.00 bits per heavy atom. The van der Waals surface area contributed by atoms with Crippen LogP contribution in [0.1, 0.15) is 51.3 Å². The number of carbonyl (C=O) groups excluding carboxylic acids is 2. The topological polar surface area (TPSA) is 88.8 Å². The number of aryl methyl sites for hydroxylation is 1. The van der Waals surface area contributed by atoms with Crippen LogP contribution in [0.3, 0.4) is 0 Å². The SMILES string of the molecule is Cc1oc(C2CCN(C(=O)c3ccncc3)CC2)nc1C(=O)N1CCOCC1. The van der Waals surface area contributed by atoms with Gasteiger partial charge < -0.3 is 19.0 Å². The van der Waals surface area contributed by atoms with Crippen LogP contribution in [0.2, 0.25) is 0 Å². The van der Waals surface area contributed by atoms with Crippen LogP contribution < -0.4 is 0 Å². The third-order valence-electron chi connectivity index (χ3n) is 5.37. The number of hydrogen-bond donors (Lipinski definition) is 0. The summed E-state index contributed by atoms with van der Waals surface area (Å²) >= 11 is 0. The van der Waals surface area contributed by atoms with Gasteiger partial charge in [-0.2, -0.15) is 0 Å². The molecule has 0 spiro atoms. The lowest BCUT2D eigenvalue weighted by Crippen LogP contribution is -2.41. The largest absolute Gasteiger partial charge is 0.445 e. The lowest BCUT2D eigenvalue weighted by Gasteiger charge is -2.30. The van der Waals surface area contributed by atoms with E-state index >= 15 is 0 Å². The van der Waals surface area contributed by atoms with Crippen molar-refractivity contribution in [2.45, 2.75) is 25.7 Å². The minimum absolute atomic E-state index is 0.0209. The first-order valence-electron chi connectivity index (χ1n) is 9.67. The summed E-state index contributed by atoms with van der Waals surface area (Å²) in [7, 11) is 0. The zero-order valence-electron chi connectivity index (χ0n) is 16.0. The summed E-state index contributed by atoms with van der Waals surface area (Å²) in [6.07, 6.45) is 4.79. The average molecular weight is 384 g/mol. The molecule has 148 valence electrons. The number of aromatic nitrogens is 2. The number of morpholine rings is 1. The van der Waals surface area contributed by atoms with Crippen LogP contribution in [0, 0.1) is 6.92 Å². The van der Waals surface area contributed by atoms with Gasteiger partial charge in [-0.05, 0) is 31.9 Å². The van der Waals surface area contributed by atoms with Crippen LogP contribution in [-0.4, -0.2) is 71.0 Å². The summed E-state index contributed by atoms with van der Waals surface area (Å²) < 4.78 is 11.1. The second kappa shape index (κ2) is 8.10. The molecule has 4 heterocycles. The Balaban J connectivity index is 1.40. The van der Waals surface area contributed by atoms with E-state index in [0.29, 0.717) is 62.3 Å². The molecule has 0 saturated carbocycles. The normalized spacial score (nSPS) is 18.3. The van der Waals surface area contributed by atoms with E-state index in [9.17, 15) is 9.59 Å². The minimum atomic E-state index is -0.0962. The molecule has 0 aromatic carbocycles. The molecular formula is C20H24N4O4. The van der Waals surface area contributed by atoms with Crippen LogP contribution >= 0.6 is 0 Å². The van der Waals surface area contributed by atoms with E-state index in [4.69, 9.17) is 9.15 Å². The standard InChI is InChI=1S/C20H24N4O4/c1-14-17(20(26)24-10-12-27-13-11-24)22-18(28-14)15-4-8-23(9-5-15)19(25)16-2-6-21-7-3-16/h2-3,6-7,15H,4-5,8-13H2,1H3. The first kappa shape index (κ1) is 18.6. The Labute approximate surface area is 163 Å². The maximum absolute atomic E-state index is 12.7. The molecule has 2 amide bonds. The Morgan fingerprint density at radius 2 is 1.64 bits per heavy atom. The molecule has 0 atom stereocenters. The van der Waals surface area contributed by atoms with Gasteiger partial charge in [0.2, 0.25) is 0 Å². The molecule has 0 N–H and O–H groups in total. The smallest absolute Gasteiger partial charge is 0.276 e. The van der Waals surface area contributed by atoms with Crippen molar-refractivity contribution in [3.8, 4) is 0 Å². The van der Waals surface area contributed by atoms with E-state index in [1.54, 1.807) is 36.4 Å². The molecule has 2 aliphatic heterocycles. The van der Waals surface area contributed by atoms with Gasteiger partial charge in [0.1, 0.15) is 5.76 Å². The lowest BCUT2D eigenvalue weighted by atomic mass is 9.96. The molecule has 2 fully saturated rings. The summed E-state index contributed by atoms with van der Waals surface area (Å²) in [5.41, 5.74) is 1.05. The second-order valence-electron chi connectivity index (χ2n) is 7.16. The summed E-state index contributed by atoms with van der Waals surface area (Å²) in [5, 5.41) is 0. The Kier molecular flexibility index (Phi) is 5.38. The van der Waals surface area contributed by atoms with Gasteiger partial charge in [-0.15, -0.1) is 0 Å². The molecule has 0 bridgehead atoms. The molecule has 2 aromatic rings. The molecular weight excluding hydrogens is 360 g/mol. The predicted molar refractivity (Wildman–Crippen MR) is 100 cm³/mol. The molecule has 0 radical (unpaired) electrons. The maximum Gasteiger partial charge on any atom is 0.276 e. The quantitative estimate of drug-likeness (QED) is 0.803. The Bertz CT molecular complexity index is 837. The van der Waals surface area contributed by atoms with E-state index in [1.165, 1.54) is 0 Å². The summed E-state index contributed by atoms with van der Waals surface area (Å²) in [4.78, 5) is 37.4. The zero-order chi connectivity index (χ0) is 19.5. The zero-order valence-corrected chi connectivity index (χ0v) is 16.0. The third kappa shape index (κ3) is 3.77. The lowest BCUT2D eigenvalue weighted by molar-refractivity contribution is 0.0298. The minimum Gasteiger partial charge on any atom is -0.445 e. The fourth-order valence-electron chi connectivity index (χ4n) is 3.71. The maximum atomic E-state index is 12.7. The van der Waals surface area contributed by atoms with Crippen LogP contribution in [0.5, 0.6) is 0 Å². The molecule has 8 heteroatoms. The first-order valence-corrected chi connectivity index (χ1v) is 9.67. The highest BCUT2D eigenvalue weighted by molar-refractivity contribution is 5.94. The number of amides is 2. The number of pyridine rings is 1. The first-order chi connectivity index (χ1) is 13.6. The van der Waals surface area contributed by atoms with Gasteiger partial charge in [-0.3, -0.25) is 14.6 Å². The van der Waals surface area contributed by atoms with Crippen molar-refractivity contribution in [3.63, 3.8) is 0 Å². The number of oxazole rings is 1. The molecule has 8 nitrogen and oxygen atoms in total. The number of likely N-dealkylation sites (tertiary alicyclic amines) is 1. The van der Waals surface area contributed by atoms with Crippen molar-refractivity contribution in [3.05, 3.63) is 47.4 Å². The summed E-state index contributed by atoms with van der Waals surface area (Å²) in [5.74, 6) is 1.20. The van der Waals surface area contributed by atoms with E-state index < -0.39 is 0 Å². The van der Waals surface area contributed by atoms with E-state index in [0.717, 1.165) is 12.8 Å². The van der Waals surface area contributed by atoms with Gasteiger partial charge in [0.05, 0.1) is 13.2 Å². The number of ether oxygens (including phenoxy) is 1. The van der Waals surface area contributed by atoms with Gasteiger partial charge in [0.15, 0.2) is 11.6 Å². The highest BCUT2D eigenvalue weighted by Crippen LogP contribution is 2.29. The number of rotatable bonds is 3. The molecule has 2 aromatic heterocycles. The third-order valence-corrected chi connectivity index (χ3v) is 5.37. The van der Waals surface area contributed by atoms with Crippen LogP contribution in [0.15, 0.2) is 28.9 Å². The van der Waals surface area contributed by atoms with Gasteiger partial charge in [-0.1, -0.05) is 0 Å². The average Bonchev–Trinajstić information content (AvgIpc) is 3.15. The summed E-state index contributed by atoms with van der Waals surface area (Å²) in [6.45, 7) is 5.33. The molecule has 2 saturated heterocycles. The van der Waals surface area contributed by atoms with Gasteiger partial charge in [0.25, 0.3) is 11.8 Å². The van der Waals surface area contributed by atoms with Crippen molar-refractivity contribution in [2.24, 2.45) is 0 Å².